The third-order valence-corrected chi connectivity index (χ3v) is 4.08. The van der Waals surface area contributed by atoms with Gasteiger partial charge in [0.2, 0.25) is 0 Å². The summed E-state index contributed by atoms with van der Waals surface area (Å²) >= 11 is 3.45. The molecular formula is C15H23BrN2O. The SMILES string of the molecule is CC1CN(CCC(N)c2ccc(Br)cc2)CC(C)O1. The largest absolute Gasteiger partial charge is 0.373 e. The zero-order valence-electron chi connectivity index (χ0n) is 11.7. The summed E-state index contributed by atoms with van der Waals surface area (Å²) in [6, 6.07) is 8.40. The van der Waals surface area contributed by atoms with Gasteiger partial charge in [0.05, 0.1) is 12.2 Å². The average Bonchev–Trinajstić information content (AvgIpc) is 2.36. The van der Waals surface area contributed by atoms with Crippen LogP contribution in [0.5, 0.6) is 0 Å². The lowest BCUT2D eigenvalue weighted by Gasteiger charge is -2.35. The lowest BCUT2D eigenvalue weighted by Crippen LogP contribution is -2.46. The molecule has 0 amide bonds. The van der Waals surface area contributed by atoms with E-state index in [2.05, 4.69) is 46.8 Å². The Balaban J connectivity index is 1.83. The predicted octanol–water partition coefficient (Wildman–Crippen LogP) is 2.95. The summed E-state index contributed by atoms with van der Waals surface area (Å²) in [5.74, 6) is 0. The molecule has 3 unspecified atom stereocenters. The molecule has 0 aliphatic carbocycles. The summed E-state index contributed by atoms with van der Waals surface area (Å²) in [7, 11) is 0. The van der Waals surface area contributed by atoms with Crippen LogP contribution < -0.4 is 5.73 Å². The van der Waals surface area contributed by atoms with E-state index in [9.17, 15) is 0 Å². The smallest absolute Gasteiger partial charge is 0.0678 e. The molecule has 0 saturated carbocycles. The molecule has 1 aromatic rings. The Morgan fingerprint density at radius 2 is 1.84 bits per heavy atom. The van der Waals surface area contributed by atoms with E-state index in [1.807, 2.05) is 12.1 Å². The molecule has 2 rings (SSSR count). The first-order valence-corrected chi connectivity index (χ1v) is 7.72. The number of rotatable bonds is 4. The molecule has 0 radical (unpaired) electrons. The van der Waals surface area contributed by atoms with Gasteiger partial charge in [-0.2, -0.15) is 0 Å². The van der Waals surface area contributed by atoms with Crippen LogP contribution in [-0.2, 0) is 4.74 Å². The molecule has 1 aliphatic heterocycles. The third kappa shape index (κ3) is 4.56. The Morgan fingerprint density at radius 1 is 1.26 bits per heavy atom. The summed E-state index contributed by atoms with van der Waals surface area (Å²) in [5.41, 5.74) is 7.46. The van der Waals surface area contributed by atoms with Gasteiger partial charge in [-0.15, -0.1) is 0 Å². The average molecular weight is 327 g/mol. The molecule has 3 nitrogen and oxygen atoms in total. The standard InChI is InChI=1S/C15H23BrN2O/c1-11-9-18(10-12(2)19-11)8-7-15(17)13-3-5-14(16)6-4-13/h3-6,11-12,15H,7-10,17H2,1-2H3. The van der Waals surface area contributed by atoms with E-state index < -0.39 is 0 Å². The molecule has 4 heteroatoms. The number of hydrogen-bond acceptors (Lipinski definition) is 3. The van der Waals surface area contributed by atoms with Crippen molar-refractivity contribution < 1.29 is 4.74 Å². The van der Waals surface area contributed by atoms with E-state index in [1.165, 1.54) is 5.56 Å². The van der Waals surface area contributed by atoms with E-state index in [-0.39, 0.29) is 6.04 Å². The van der Waals surface area contributed by atoms with Crippen LogP contribution in [0.2, 0.25) is 0 Å². The normalized spacial score (nSPS) is 26.3. The van der Waals surface area contributed by atoms with Crippen molar-refractivity contribution in [2.24, 2.45) is 5.73 Å². The van der Waals surface area contributed by atoms with E-state index >= 15 is 0 Å². The highest BCUT2D eigenvalue weighted by Gasteiger charge is 2.22. The molecule has 19 heavy (non-hydrogen) atoms. The van der Waals surface area contributed by atoms with Crippen molar-refractivity contribution in [1.29, 1.82) is 0 Å². The van der Waals surface area contributed by atoms with Crippen molar-refractivity contribution >= 4 is 15.9 Å². The first kappa shape index (κ1) is 15.0. The summed E-state index contributed by atoms with van der Waals surface area (Å²) in [5, 5.41) is 0. The van der Waals surface area contributed by atoms with Crippen LogP contribution in [0.4, 0.5) is 0 Å². The number of morpholine rings is 1. The van der Waals surface area contributed by atoms with Crippen LogP contribution in [0.15, 0.2) is 28.7 Å². The molecule has 1 aliphatic rings. The van der Waals surface area contributed by atoms with Crippen LogP contribution in [-0.4, -0.2) is 36.7 Å². The molecular weight excluding hydrogens is 304 g/mol. The third-order valence-electron chi connectivity index (χ3n) is 3.55. The minimum Gasteiger partial charge on any atom is -0.373 e. The van der Waals surface area contributed by atoms with Crippen molar-refractivity contribution in [2.45, 2.75) is 38.5 Å². The second-order valence-corrected chi connectivity index (χ2v) is 6.38. The molecule has 0 aromatic heterocycles. The lowest BCUT2D eigenvalue weighted by atomic mass is 10.0. The van der Waals surface area contributed by atoms with Gasteiger partial charge in [0, 0.05) is 30.1 Å². The van der Waals surface area contributed by atoms with Gasteiger partial charge in [0.1, 0.15) is 0 Å². The van der Waals surface area contributed by atoms with Crippen LogP contribution in [0.25, 0.3) is 0 Å². The maximum Gasteiger partial charge on any atom is 0.0678 e. The van der Waals surface area contributed by atoms with Crippen molar-refractivity contribution in [2.75, 3.05) is 19.6 Å². The van der Waals surface area contributed by atoms with Crippen LogP contribution >= 0.6 is 15.9 Å². The zero-order chi connectivity index (χ0) is 13.8. The second kappa shape index (κ2) is 6.84. The number of ether oxygens (including phenoxy) is 1. The van der Waals surface area contributed by atoms with Gasteiger partial charge < -0.3 is 10.5 Å². The van der Waals surface area contributed by atoms with Crippen LogP contribution in [0.1, 0.15) is 31.9 Å². The first-order chi connectivity index (χ1) is 9.04. The fourth-order valence-electron chi connectivity index (χ4n) is 2.67. The van der Waals surface area contributed by atoms with E-state index in [1.54, 1.807) is 0 Å². The minimum absolute atomic E-state index is 0.113. The highest BCUT2D eigenvalue weighted by molar-refractivity contribution is 9.10. The molecule has 1 saturated heterocycles. The van der Waals surface area contributed by atoms with E-state index in [0.717, 1.165) is 30.5 Å². The fraction of sp³-hybridized carbons (Fsp3) is 0.600. The highest BCUT2D eigenvalue weighted by atomic mass is 79.9. The molecule has 0 bridgehead atoms. The summed E-state index contributed by atoms with van der Waals surface area (Å²) in [4.78, 5) is 2.46. The van der Waals surface area contributed by atoms with E-state index in [4.69, 9.17) is 10.5 Å². The maximum absolute atomic E-state index is 6.26. The molecule has 1 fully saturated rings. The number of nitrogens with two attached hydrogens (primary N) is 1. The molecule has 2 N–H and O–H groups in total. The summed E-state index contributed by atoms with van der Waals surface area (Å²) in [6.07, 6.45) is 1.64. The van der Waals surface area contributed by atoms with Gasteiger partial charge in [0.25, 0.3) is 0 Å². The molecule has 106 valence electrons. The Kier molecular flexibility index (Phi) is 5.39. The molecule has 1 heterocycles. The van der Waals surface area contributed by atoms with Gasteiger partial charge in [-0.25, -0.2) is 0 Å². The first-order valence-electron chi connectivity index (χ1n) is 6.93. The Bertz CT molecular complexity index is 386. The van der Waals surface area contributed by atoms with Crippen molar-refractivity contribution in [3.8, 4) is 0 Å². The van der Waals surface area contributed by atoms with Crippen molar-refractivity contribution in [3.05, 3.63) is 34.3 Å². The summed E-state index contributed by atoms with van der Waals surface area (Å²) < 4.78 is 6.84. The van der Waals surface area contributed by atoms with Crippen molar-refractivity contribution in [1.82, 2.24) is 4.90 Å². The monoisotopic (exact) mass is 326 g/mol. The van der Waals surface area contributed by atoms with Gasteiger partial charge in [0.15, 0.2) is 0 Å². The predicted molar refractivity (Wildman–Crippen MR) is 82.1 cm³/mol. The number of hydrogen-bond donors (Lipinski definition) is 1. The summed E-state index contributed by atoms with van der Waals surface area (Å²) in [6.45, 7) is 7.33. The van der Waals surface area contributed by atoms with Crippen LogP contribution in [0.3, 0.4) is 0 Å². The van der Waals surface area contributed by atoms with Gasteiger partial charge >= 0.3 is 0 Å². The maximum atomic E-state index is 6.26. The van der Waals surface area contributed by atoms with Gasteiger partial charge in [-0.3, -0.25) is 4.90 Å². The molecule has 1 aromatic carbocycles. The Morgan fingerprint density at radius 3 is 2.42 bits per heavy atom. The lowest BCUT2D eigenvalue weighted by molar-refractivity contribution is -0.0684. The fourth-order valence-corrected chi connectivity index (χ4v) is 2.93. The van der Waals surface area contributed by atoms with Gasteiger partial charge in [-0.05, 0) is 38.0 Å². The quantitative estimate of drug-likeness (QED) is 0.924. The number of benzene rings is 1. The zero-order valence-corrected chi connectivity index (χ0v) is 13.3. The second-order valence-electron chi connectivity index (χ2n) is 5.46. The number of halogens is 1. The minimum atomic E-state index is 0.113. The molecule has 3 atom stereocenters. The topological polar surface area (TPSA) is 38.5 Å². The number of nitrogens with zero attached hydrogens (tertiary/aromatic N) is 1. The van der Waals surface area contributed by atoms with E-state index in [0.29, 0.717) is 12.2 Å². The highest BCUT2D eigenvalue weighted by Crippen LogP contribution is 2.19. The van der Waals surface area contributed by atoms with Gasteiger partial charge in [-0.1, -0.05) is 28.1 Å². The molecule has 0 spiro atoms. The van der Waals surface area contributed by atoms with Crippen molar-refractivity contribution in [3.63, 3.8) is 0 Å². The Hall–Kier alpha value is -0.420. The van der Waals surface area contributed by atoms with Crippen LogP contribution in [0, 0.1) is 0 Å². The Labute approximate surface area is 124 Å².